The van der Waals surface area contributed by atoms with E-state index in [4.69, 9.17) is 9.15 Å². The number of sulfonamides is 1. The molecule has 0 spiro atoms. The van der Waals surface area contributed by atoms with E-state index >= 15 is 0 Å². The molecule has 0 saturated heterocycles. The van der Waals surface area contributed by atoms with Crippen LogP contribution in [0.5, 0.6) is 5.75 Å². The Hall–Kier alpha value is -2.97. The molecule has 174 valence electrons. The number of aryl methyl sites for hydroxylation is 2. The second-order valence-corrected chi connectivity index (χ2v) is 10.3. The fourth-order valence-electron chi connectivity index (χ4n) is 4.09. The highest BCUT2D eigenvalue weighted by atomic mass is 32.2. The molecule has 0 saturated carbocycles. The minimum Gasteiger partial charge on any atom is -0.425 e. The highest BCUT2D eigenvalue weighted by molar-refractivity contribution is 7.89. The number of hydrogen-bond donors (Lipinski definition) is 1. The van der Waals surface area contributed by atoms with Gasteiger partial charge in [0.1, 0.15) is 17.4 Å². The average molecular weight is 470 g/mol. The molecule has 1 aliphatic carbocycles. The second-order valence-electron chi connectivity index (χ2n) is 8.58. The van der Waals surface area contributed by atoms with Crippen LogP contribution in [-0.2, 0) is 27.7 Å². The Morgan fingerprint density at radius 3 is 2.52 bits per heavy atom. The van der Waals surface area contributed by atoms with Gasteiger partial charge in [-0.15, -0.1) is 0 Å². The number of hydrogen-bond acceptors (Lipinski definition) is 6. The quantitative estimate of drug-likeness (QED) is 0.320. The Bertz CT molecular complexity index is 1360. The number of fused-ring (bicyclic) bond motifs is 3. The van der Waals surface area contributed by atoms with Gasteiger partial charge >= 0.3 is 11.6 Å². The fourth-order valence-corrected chi connectivity index (χ4v) is 5.39. The third-order valence-electron chi connectivity index (χ3n) is 6.24. The minimum atomic E-state index is -3.93. The molecular weight excluding hydrogens is 442 g/mol. The van der Waals surface area contributed by atoms with Crippen molar-refractivity contribution in [2.45, 2.75) is 57.4 Å². The van der Waals surface area contributed by atoms with Crippen LogP contribution in [0, 0.1) is 12.8 Å². The zero-order chi connectivity index (χ0) is 23.8. The molecular formula is C25H27NO6S. The molecule has 0 unspecified atom stereocenters. The van der Waals surface area contributed by atoms with Gasteiger partial charge in [-0.3, -0.25) is 0 Å². The fraction of sp³-hybridized carbons (Fsp3) is 0.360. The molecule has 0 amide bonds. The van der Waals surface area contributed by atoms with E-state index in [1.54, 1.807) is 31.2 Å². The first kappa shape index (κ1) is 23.2. The van der Waals surface area contributed by atoms with Gasteiger partial charge in [-0.25, -0.2) is 18.0 Å². The van der Waals surface area contributed by atoms with Crippen LogP contribution in [0.15, 0.2) is 56.6 Å². The van der Waals surface area contributed by atoms with Crippen LogP contribution >= 0.6 is 0 Å². The number of nitrogens with one attached hydrogen (secondary N) is 1. The topological polar surface area (TPSA) is 103 Å². The summed E-state index contributed by atoms with van der Waals surface area (Å²) >= 11 is 0. The molecule has 4 rings (SSSR count). The molecule has 1 aliphatic rings. The summed E-state index contributed by atoms with van der Waals surface area (Å²) in [6, 6.07) is 10.2. The van der Waals surface area contributed by atoms with E-state index in [1.807, 2.05) is 13.8 Å². The molecule has 33 heavy (non-hydrogen) atoms. The van der Waals surface area contributed by atoms with Crippen LogP contribution in [0.2, 0.25) is 0 Å². The number of carbonyl (C=O) groups excluding carboxylic acids is 1. The van der Waals surface area contributed by atoms with E-state index in [0.717, 1.165) is 34.9 Å². The van der Waals surface area contributed by atoms with Gasteiger partial charge in [0.2, 0.25) is 10.0 Å². The Morgan fingerprint density at radius 1 is 1.12 bits per heavy atom. The molecule has 1 heterocycles. The number of benzene rings is 2. The van der Waals surface area contributed by atoms with Gasteiger partial charge in [0.05, 0.1) is 4.90 Å². The predicted octanol–water partition coefficient (Wildman–Crippen LogP) is 3.89. The molecule has 7 nitrogen and oxygen atoms in total. The largest absolute Gasteiger partial charge is 0.425 e. The summed E-state index contributed by atoms with van der Waals surface area (Å²) < 4.78 is 39.3. The molecule has 3 aromatic rings. The van der Waals surface area contributed by atoms with Gasteiger partial charge < -0.3 is 9.15 Å². The van der Waals surface area contributed by atoms with Gasteiger partial charge in [0.15, 0.2) is 0 Å². The standard InChI is InChI=1S/C25H27NO6S/c1-4-16(3)23(26-33(29,30)18-11-8-15(2)9-12-18)25(28)31-17-10-13-20-19-6-5-7-21(19)24(27)32-22(20)14-17/h8-14,16,23,26H,4-7H2,1-3H3/t16-,23+/m0/s1. The second kappa shape index (κ2) is 9.11. The zero-order valence-corrected chi connectivity index (χ0v) is 19.7. The summed E-state index contributed by atoms with van der Waals surface area (Å²) in [5.41, 5.74) is 2.63. The van der Waals surface area contributed by atoms with Gasteiger partial charge in [-0.1, -0.05) is 38.0 Å². The van der Waals surface area contributed by atoms with Crippen LogP contribution in [-0.4, -0.2) is 20.4 Å². The number of carbonyl (C=O) groups is 1. The predicted molar refractivity (Wildman–Crippen MR) is 125 cm³/mol. The van der Waals surface area contributed by atoms with E-state index in [-0.39, 0.29) is 22.2 Å². The number of rotatable bonds is 7. The highest BCUT2D eigenvalue weighted by Crippen LogP contribution is 2.30. The minimum absolute atomic E-state index is 0.0792. The van der Waals surface area contributed by atoms with Gasteiger partial charge in [-0.05, 0) is 61.9 Å². The lowest BCUT2D eigenvalue weighted by molar-refractivity contribution is -0.137. The molecule has 2 atom stereocenters. The summed E-state index contributed by atoms with van der Waals surface area (Å²) in [5, 5.41) is 0.834. The normalized spacial score (nSPS) is 15.2. The van der Waals surface area contributed by atoms with Gasteiger partial charge in [-0.2, -0.15) is 4.72 Å². The maximum Gasteiger partial charge on any atom is 0.339 e. The van der Waals surface area contributed by atoms with Crippen molar-refractivity contribution in [3.05, 3.63) is 69.6 Å². The molecule has 8 heteroatoms. The summed E-state index contributed by atoms with van der Waals surface area (Å²) in [7, 11) is -3.93. The highest BCUT2D eigenvalue weighted by Gasteiger charge is 2.31. The lowest BCUT2D eigenvalue weighted by Crippen LogP contribution is -2.46. The summed E-state index contributed by atoms with van der Waals surface area (Å²) in [6.07, 6.45) is 3.00. The molecule has 2 aromatic carbocycles. The van der Waals surface area contributed by atoms with E-state index in [1.165, 1.54) is 18.2 Å². The van der Waals surface area contributed by atoms with Crippen LogP contribution in [0.4, 0.5) is 0 Å². The average Bonchev–Trinajstić information content (AvgIpc) is 3.28. The Labute approximate surface area is 192 Å². The SMILES string of the molecule is CC[C@H](C)[C@@H](NS(=O)(=O)c1ccc(C)cc1)C(=O)Oc1ccc2c3c(c(=O)oc2c1)CCC3. The Morgan fingerprint density at radius 2 is 1.82 bits per heavy atom. The van der Waals surface area contributed by atoms with Gasteiger partial charge in [0, 0.05) is 17.0 Å². The van der Waals surface area contributed by atoms with Crippen LogP contribution in [0.25, 0.3) is 11.0 Å². The van der Waals surface area contributed by atoms with Crippen molar-refractivity contribution in [1.82, 2.24) is 4.72 Å². The van der Waals surface area contributed by atoms with Crippen molar-refractivity contribution in [3.8, 4) is 5.75 Å². The Balaban J connectivity index is 1.60. The molecule has 0 bridgehead atoms. The Kier molecular flexibility index (Phi) is 6.41. The van der Waals surface area contributed by atoms with E-state index in [0.29, 0.717) is 18.4 Å². The summed E-state index contributed by atoms with van der Waals surface area (Å²) in [6.45, 7) is 5.52. The molecule has 0 aliphatic heterocycles. The monoisotopic (exact) mass is 469 g/mol. The molecule has 0 radical (unpaired) electrons. The third kappa shape index (κ3) is 4.72. The molecule has 0 fully saturated rings. The molecule has 1 N–H and O–H groups in total. The first-order valence-corrected chi connectivity index (χ1v) is 12.6. The van der Waals surface area contributed by atoms with Gasteiger partial charge in [0.25, 0.3) is 0 Å². The van der Waals surface area contributed by atoms with Crippen molar-refractivity contribution >= 4 is 27.0 Å². The van der Waals surface area contributed by atoms with E-state index in [9.17, 15) is 18.0 Å². The lowest BCUT2D eigenvalue weighted by atomic mass is 10.0. The van der Waals surface area contributed by atoms with Crippen molar-refractivity contribution in [1.29, 1.82) is 0 Å². The van der Waals surface area contributed by atoms with Crippen LogP contribution in [0.3, 0.4) is 0 Å². The van der Waals surface area contributed by atoms with Crippen molar-refractivity contribution in [3.63, 3.8) is 0 Å². The summed E-state index contributed by atoms with van der Waals surface area (Å²) in [4.78, 5) is 25.4. The van der Waals surface area contributed by atoms with E-state index < -0.39 is 22.0 Å². The lowest BCUT2D eigenvalue weighted by Gasteiger charge is -2.22. The van der Waals surface area contributed by atoms with Crippen molar-refractivity contribution in [2.75, 3.05) is 0 Å². The van der Waals surface area contributed by atoms with E-state index in [2.05, 4.69) is 4.72 Å². The first-order chi connectivity index (χ1) is 15.7. The third-order valence-corrected chi connectivity index (χ3v) is 7.70. The first-order valence-electron chi connectivity index (χ1n) is 11.1. The van der Waals surface area contributed by atoms with Crippen LogP contribution in [0.1, 0.15) is 43.4 Å². The van der Waals surface area contributed by atoms with Crippen molar-refractivity contribution in [2.24, 2.45) is 5.92 Å². The maximum atomic E-state index is 13.0. The van der Waals surface area contributed by atoms with Crippen molar-refractivity contribution < 1.29 is 22.4 Å². The molecule has 1 aromatic heterocycles. The number of esters is 1. The number of ether oxygens (including phenoxy) is 1. The smallest absolute Gasteiger partial charge is 0.339 e. The zero-order valence-electron chi connectivity index (χ0n) is 18.9. The van der Waals surface area contributed by atoms with Crippen LogP contribution < -0.4 is 15.1 Å². The summed E-state index contributed by atoms with van der Waals surface area (Å²) in [5.74, 6) is -0.835. The maximum absolute atomic E-state index is 13.0.